The number of anilines is 1. The molecular formula is C11H12BrFN2O2. The predicted octanol–water partition coefficient (Wildman–Crippen LogP) is 1.25. The van der Waals surface area contributed by atoms with Crippen molar-refractivity contribution < 1.29 is 14.3 Å². The molecule has 4 nitrogen and oxygen atoms in total. The third-order valence-corrected chi connectivity index (χ3v) is 3.22. The first-order valence-corrected chi connectivity index (χ1v) is 6.03. The van der Waals surface area contributed by atoms with Crippen LogP contribution in [0.3, 0.4) is 0 Å². The molecule has 2 rings (SSSR count). The number of carbonyl (C=O) groups excluding carboxylic acids is 1. The third kappa shape index (κ3) is 3.02. The highest BCUT2D eigenvalue weighted by molar-refractivity contribution is 9.10. The van der Waals surface area contributed by atoms with Gasteiger partial charge in [0.25, 0.3) is 0 Å². The molecule has 0 saturated carbocycles. The summed E-state index contributed by atoms with van der Waals surface area (Å²) >= 11 is 3.05. The van der Waals surface area contributed by atoms with Gasteiger partial charge in [0, 0.05) is 12.2 Å². The number of halogens is 2. The number of aliphatic hydroxyl groups excluding tert-OH is 1. The van der Waals surface area contributed by atoms with Gasteiger partial charge in [-0.2, -0.15) is 0 Å². The molecule has 92 valence electrons. The van der Waals surface area contributed by atoms with Crippen LogP contribution in [0, 0.1) is 5.82 Å². The lowest BCUT2D eigenvalue weighted by Crippen LogP contribution is -2.35. The number of hydrogen-bond donors (Lipinski definition) is 3. The van der Waals surface area contributed by atoms with Crippen LogP contribution in [-0.2, 0) is 4.79 Å². The summed E-state index contributed by atoms with van der Waals surface area (Å²) in [6, 6.07) is 3.87. The summed E-state index contributed by atoms with van der Waals surface area (Å²) in [7, 11) is 0. The van der Waals surface area contributed by atoms with Crippen LogP contribution in [-0.4, -0.2) is 29.7 Å². The molecule has 1 aliphatic heterocycles. The molecule has 2 unspecified atom stereocenters. The fourth-order valence-electron chi connectivity index (χ4n) is 1.72. The molecule has 6 heteroatoms. The molecule has 1 saturated heterocycles. The topological polar surface area (TPSA) is 61.4 Å². The fourth-order valence-corrected chi connectivity index (χ4v) is 2.10. The van der Waals surface area contributed by atoms with Gasteiger partial charge in [-0.25, -0.2) is 4.39 Å². The molecule has 3 N–H and O–H groups in total. The van der Waals surface area contributed by atoms with E-state index in [1.165, 1.54) is 18.2 Å². The van der Waals surface area contributed by atoms with Gasteiger partial charge in [-0.3, -0.25) is 4.79 Å². The van der Waals surface area contributed by atoms with E-state index in [4.69, 9.17) is 0 Å². The quantitative estimate of drug-likeness (QED) is 0.770. The van der Waals surface area contributed by atoms with Crippen LogP contribution in [0.4, 0.5) is 10.1 Å². The number of hydrogen-bond acceptors (Lipinski definition) is 3. The highest BCUT2D eigenvalue weighted by Gasteiger charge is 2.27. The molecule has 0 aliphatic carbocycles. The number of β-amino-alcohol motifs (C(OH)–C–C–N with tert-alkyl or cyclic N) is 1. The second kappa shape index (κ2) is 5.12. The molecule has 1 aromatic carbocycles. The summed E-state index contributed by atoms with van der Waals surface area (Å²) < 4.78 is 13.3. The van der Waals surface area contributed by atoms with Crippen molar-refractivity contribution >= 4 is 27.5 Å². The molecule has 1 aromatic rings. The maximum absolute atomic E-state index is 13.0. The lowest BCUT2D eigenvalue weighted by molar-refractivity contribution is -0.117. The van der Waals surface area contributed by atoms with Gasteiger partial charge >= 0.3 is 0 Å². The summed E-state index contributed by atoms with van der Waals surface area (Å²) in [4.78, 5) is 11.8. The predicted molar refractivity (Wildman–Crippen MR) is 65.1 cm³/mol. The summed E-state index contributed by atoms with van der Waals surface area (Å²) in [5.74, 6) is -0.600. The maximum Gasteiger partial charge on any atom is 0.241 e. The van der Waals surface area contributed by atoms with Crippen molar-refractivity contribution in [3.8, 4) is 0 Å². The summed E-state index contributed by atoms with van der Waals surface area (Å²) in [5, 5.41) is 14.9. The highest BCUT2D eigenvalue weighted by Crippen LogP contribution is 2.20. The minimum Gasteiger partial charge on any atom is -0.392 e. The standard InChI is InChI=1S/C11H12BrFN2O2/c12-8-3-6(1-2-9(8)13)15-11(17)10-4-7(16)5-14-10/h1-3,7,10,14,16H,4-5H2,(H,15,17). The molecule has 0 bridgehead atoms. The fraction of sp³-hybridized carbons (Fsp3) is 0.364. The van der Waals surface area contributed by atoms with Crippen molar-refractivity contribution in [3.05, 3.63) is 28.5 Å². The highest BCUT2D eigenvalue weighted by atomic mass is 79.9. The number of aliphatic hydroxyl groups is 1. The Hall–Kier alpha value is -0.980. The zero-order chi connectivity index (χ0) is 12.4. The third-order valence-electron chi connectivity index (χ3n) is 2.61. The van der Waals surface area contributed by atoms with Crippen LogP contribution < -0.4 is 10.6 Å². The smallest absolute Gasteiger partial charge is 0.241 e. The van der Waals surface area contributed by atoms with E-state index in [0.717, 1.165) is 0 Å². The molecule has 2 atom stereocenters. The lowest BCUT2D eigenvalue weighted by Gasteiger charge is -2.11. The Bertz CT molecular complexity index is 441. The molecular weight excluding hydrogens is 291 g/mol. The Balaban J connectivity index is 2.00. The van der Waals surface area contributed by atoms with Crippen molar-refractivity contribution in [2.75, 3.05) is 11.9 Å². The van der Waals surface area contributed by atoms with Gasteiger partial charge in [-0.05, 0) is 40.5 Å². The van der Waals surface area contributed by atoms with Gasteiger partial charge < -0.3 is 15.7 Å². The summed E-state index contributed by atoms with van der Waals surface area (Å²) in [6.45, 7) is 0.422. The average molecular weight is 303 g/mol. The zero-order valence-corrected chi connectivity index (χ0v) is 10.5. The van der Waals surface area contributed by atoms with E-state index in [9.17, 15) is 14.3 Å². The molecule has 1 heterocycles. The van der Waals surface area contributed by atoms with E-state index in [-0.39, 0.29) is 11.7 Å². The normalized spacial score (nSPS) is 23.7. The number of nitrogens with one attached hydrogen (secondary N) is 2. The Morgan fingerprint density at radius 2 is 2.35 bits per heavy atom. The van der Waals surface area contributed by atoms with Gasteiger partial charge in [-0.1, -0.05) is 0 Å². The second-order valence-electron chi connectivity index (χ2n) is 3.97. The van der Waals surface area contributed by atoms with E-state index >= 15 is 0 Å². The number of rotatable bonds is 2. The van der Waals surface area contributed by atoms with Crippen molar-refractivity contribution in [3.63, 3.8) is 0 Å². The van der Waals surface area contributed by atoms with Crippen molar-refractivity contribution in [1.82, 2.24) is 5.32 Å². The first-order valence-electron chi connectivity index (χ1n) is 5.23. The van der Waals surface area contributed by atoms with Crippen LogP contribution in [0.25, 0.3) is 0 Å². The van der Waals surface area contributed by atoms with Crippen LogP contribution in [0.1, 0.15) is 6.42 Å². The first kappa shape index (κ1) is 12.5. The molecule has 1 aliphatic rings. The van der Waals surface area contributed by atoms with Crippen molar-refractivity contribution in [1.29, 1.82) is 0 Å². The zero-order valence-electron chi connectivity index (χ0n) is 8.91. The van der Waals surface area contributed by atoms with E-state index in [1.54, 1.807) is 0 Å². The summed E-state index contributed by atoms with van der Waals surface area (Å²) in [5.41, 5.74) is 0.520. The van der Waals surface area contributed by atoms with Gasteiger partial charge in [0.1, 0.15) is 5.82 Å². The Kier molecular flexibility index (Phi) is 3.76. The first-order chi connectivity index (χ1) is 8.06. The molecule has 0 aromatic heterocycles. The lowest BCUT2D eigenvalue weighted by atomic mass is 10.2. The van der Waals surface area contributed by atoms with Gasteiger partial charge in [0.2, 0.25) is 5.91 Å². The summed E-state index contributed by atoms with van der Waals surface area (Å²) in [6.07, 6.45) is -0.0838. The Labute approximate surface area is 106 Å². The van der Waals surface area contributed by atoms with Crippen LogP contribution >= 0.6 is 15.9 Å². The van der Waals surface area contributed by atoms with Crippen LogP contribution in [0.5, 0.6) is 0 Å². The average Bonchev–Trinajstić information content (AvgIpc) is 2.70. The number of amides is 1. The van der Waals surface area contributed by atoms with Crippen molar-refractivity contribution in [2.45, 2.75) is 18.6 Å². The monoisotopic (exact) mass is 302 g/mol. The molecule has 0 spiro atoms. The largest absolute Gasteiger partial charge is 0.392 e. The number of carbonyl (C=O) groups is 1. The SMILES string of the molecule is O=C(Nc1ccc(F)c(Br)c1)C1CC(O)CN1. The van der Waals surface area contributed by atoms with Gasteiger partial charge in [0.05, 0.1) is 16.6 Å². The van der Waals surface area contributed by atoms with E-state index in [2.05, 4.69) is 26.6 Å². The Morgan fingerprint density at radius 3 is 2.94 bits per heavy atom. The van der Waals surface area contributed by atoms with Gasteiger partial charge in [0.15, 0.2) is 0 Å². The van der Waals surface area contributed by atoms with Crippen LogP contribution in [0.15, 0.2) is 22.7 Å². The maximum atomic E-state index is 13.0. The van der Waals surface area contributed by atoms with E-state index < -0.39 is 12.1 Å². The van der Waals surface area contributed by atoms with Crippen molar-refractivity contribution in [2.24, 2.45) is 0 Å². The van der Waals surface area contributed by atoms with E-state index in [0.29, 0.717) is 23.1 Å². The van der Waals surface area contributed by atoms with Crippen LogP contribution in [0.2, 0.25) is 0 Å². The minimum atomic E-state index is -0.481. The molecule has 1 amide bonds. The second-order valence-corrected chi connectivity index (χ2v) is 4.82. The Morgan fingerprint density at radius 1 is 1.59 bits per heavy atom. The van der Waals surface area contributed by atoms with E-state index in [1.807, 2.05) is 0 Å². The molecule has 17 heavy (non-hydrogen) atoms. The van der Waals surface area contributed by atoms with Gasteiger partial charge in [-0.15, -0.1) is 0 Å². The molecule has 1 fully saturated rings. The minimum absolute atomic E-state index is 0.222. The molecule has 0 radical (unpaired) electrons. The number of benzene rings is 1.